The maximum absolute atomic E-state index is 8.80. The van der Waals surface area contributed by atoms with Gasteiger partial charge in [0.05, 0.1) is 10.7 Å². The van der Waals surface area contributed by atoms with Gasteiger partial charge in [-0.1, -0.05) is 44.1 Å². The fourth-order valence-corrected chi connectivity index (χ4v) is 5.66. The second-order valence-corrected chi connectivity index (χ2v) is 8.54. The fourth-order valence-electron chi connectivity index (χ4n) is 2.37. The Bertz CT molecular complexity index is 281. The van der Waals surface area contributed by atoms with Gasteiger partial charge in [0.15, 0.2) is 0 Å². The van der Waals surface area contributed by atoms with Gasteiger partial charge < -0.3 is 5.11 Å². The maximum Gasteiger partial charge on any atom is 0.0648 e. The topological polar surface area (TPSA) is 20.2 Å². The van der Waals surface area contributed by atoms with E-state index in [9.17, 15) is 0 Å². The van der Waals surface area contributed by atoms with Gasteiger partial charge in [-0.05, 0) is 50.0 Å². The Morgan fingerprint density at radius 1 is 1.00 bits per heavy atom. The van der Waals surface area contributed by atoms with E-state index < -0.39 is 0 Å². The summed E-state index contributed by atoms with van der Waals surface area (Å²) in [5.74, 6) is 2.61. The molecule has 1 heterocycles. The molecule has 0 bridgehead atoms. The number of hydrogen-bond donors (Lipinski definition) is 1. The van der Waals surface area contributed by atoms with E-state index in [1.165, 1.54) is 56.5 Å². The van der Waals surface area contributed by atoms with Crippen LogP contribution in [0.5, 0.6) is 0 Å². The van der Waals surface area contributed by atoms with E-state index in [4.69, 9.17) is 5.11 Å². The summed E-state index contributed by atoms with van der Waals surface area (Å²) in [6.45, 7) is 2.43. The van der Waals surface area contributed by atoms with Crippen LogP contribution in [0, 0.1) is 0 Å². The van der Waals surface area contributed by atoms with Gasteiger partial charge in [-0.2, -0.15) is 0 Å². The number of aliphatic hydroxyl groups excluding tert-OH is 1. The predicted molar refractivity (Wildman–Crippen MR) is 95.6 cm³/mol. The first-order valence-corrected chi connectivity index (χ1v) is 9.99. The second-order valence-electron chi connectivity index (χ2n) is 5.33. The lowest BCUT2D eigenvalue weighted by molar-refractivity contribution is 0.342. The largest absolute Gasteiger partial charge is 0.392 e. The van der Waals surface area contributed by atoms with Crippen LogP contribution in [0.3, 0.4) is 0 Å². The van der Waals surface area contributed by atoms with E-state index >= 15 is 0 Å². The molecule has 116 valence electrons. The monoisotopic (exact) mass is 314 g/mol. The molecule has 1 aliphatic heterocycles. The van der Waals surface area contributed by atoms with Crippen molar-refractivity contribution < 1.29 is 5.11 Å². The molecule has 1 N–H and O–H groups in total. The van der Waals surface area contributed by atoms with Crippen molar-refractivity contribution in [1.29, 1.82) is 0 Å². The van der Waals surface area contributed by atoms with Crippen molar-refractivity contribution in [2.45, 2.75) is 62.4 Å². The van der Waals surface area contributed by atoms with E-state index in [2.05, 4.69) is 48.7 Å². The Morgan fingerprint density at radius 3 is 2.45 bits per heavy atom. The summed E-state index contributed by atoms with van der Waals surface area (Å²) in [6.07, 6.45) is 18.9. The van der Waals surface area contributed by atoms with Crippen LogP contribution in [0.25, 0.3) is 0 Å². The predicted octanol–water partition coefficient (Wildman–Crippen LogP) is 5.41. The van der Waals surface area contributed by atoms with Crippen molar-refractivity contribution in [3.05, 3.63) is 24.3 Å². The molecular weight excluding hydrogens is 284 g/mol. The Labute approximate surface area is 133 Å². The van der Waals surface area contributed by atoms with Gasteiger partial charge in [-0.15, -0.1) is 23.5 Å². The minimum atomic E-state index is 0.171. The first-order chi connectivity index (χ1) is 9.83. The average molecular weight is 315 g/mol. The van der Waals surface area contributed by atoms with Crippen molar-refractivity contribution in [2.75, 3.05) is 18.1 Å². The van der Waals surface area contributed by atoms with Gasteiger partial charge in [0.2, 0.25) is 0 Å². The first kappa shape index (κ1) is 18.2. The lowest BCUT2D eigenvalue weighted by atomic mass is 10.1. The summed E-state index contributed by atoms with van der Waals surface area (Å²) in [5.41, 5.74) is 0. The van der Waals surface area contributed by atoms with Gasteiger partial charge in [0.25, 0.3) is 0 Å². The quantitative estimate of drug-likeness (QED) is 0.430. The lowest BCUT2D eigenvalue weighted by Crippen LogP contribution is -2.24. The number of unbranched alkanes of at least 4 members (excludes halogenated alkanes) is 3. The molecule has 1 aliphatic rings. The van der Waals surface area contributed by atoms with Crippen LogP contribution in [-0.4, -0.2) is 27.3 Å². The van der Waals surface area contributed by atoms with Crippen molar-refractivity contribution in [3.63, 3.8) is 0 Å². The number of aliphatic hydroxyl groups is 1. The Hall–Kier alpha value is 0.140. The third-order valence-corrected chi connectivity index (χ3v) is 7.04. The van der Waals surface area contributed by atoms with Crippen LogP contribution in [0.15, 0.2) is 24.3 Å². The standard InChI is InChI=1S/C17H30OS2/c1-2-3-4-5-6-8-12-17(13-9-7-10-14-18)19-15-11-16-20-17/h6-8,10,18H,2-5,9,11-16H2,1H3/b8-6-,10-7+. The van der Waals surface area contributed by atoms with Crippen LogP contribution in [0.4, 0.5) is 0 Å². The van der Waals surface area contributed by atoms with E-state index in [-0.39, 0.29) is 6.61 Å². The minimum Gasteiger partial charge on any atom is -0.392 e. The second kappa shape index (κ2) is 11.8. The molecule has 0 aromatic rings. The molecule has 0 saturated carbocycles. The molecule has 1 saturated heterocycles. The summed E-state index contributed by atoms with van der Waals surface area (Å²) in [6, 6.07) is 0. The van der Waals surface area contributed by atoms with Crippen LogP contribution >= 0.6 is 23.5 Å². The smallest absolute Gasteiger partial charge is 0.0648 e. The number of rotatable bonds is 10. The van der Waals surface area contributed by atoms with Gasteiger partial charge >= 0.3 is 0 Å². The summed E-state index contributed by atoms with van der Waals surface area (Å²) in [5, 5.41) is 8.80. The number of allylic oxidation sites excluding steroid dienone is 3. The SMILES string of the molecule is CCCCC/C=C\CC1(CC/C=C/CO)SCCCS1. The lowest BCUT2D eigenvalue weighted by Gasteiger charge is -2.35. The summed E-state index contributed by atoms with van der Waals surface area (Å²) >= 11 is 4.30. The molecule has 0 aliphatic carbocycles. The summed E-state index contributed by atoms with van der Waals surface area (Å²) in [4.78, 5) is 0. The molecule has 20 heavy (non-hydrogen) atoms. The third-order valence-electron chi connectivity index (χ3n) is 3.55. The Morgan fingerprint density at radius 2 is 1.75 bits per heavy atom. The van der Waals surface area contributed by atoms with E-state index in [0.717, 1.165) is 6.42 Å². The molecule has 0 radical (unpaired) electrons. The molecule has 0 aromatic heterocycles. The highest BCUT2D eigenvalue weighted by atomic mass is 32.2. The van der Waals surface area contributed by atoms with Gasteiger partial charge in [-0.25, -0.2) is 0 Å². The number of thioether (sulfide) groups is 2. The van der Waals surface area contributed by atoms with Gasteiger partial charge in [-0.3, -0.25) is 0 Å². The normalized spacial score (nSPS) is 19.1. The molecular formula is C17H30OS2. The van der Waals surface area contributed by atoms with Gasteiger partial charge in [0, 0.05) is 0 Å². The van der Waals surface area contributed by atoms with Crippen molar-refractivity contribution in [2.24, 2.45) is 0 Å². The van der Waals surface area contributed by atoms with Crippen LogP contribution in [-0.2, 0) is 0 Å². The molecule has 1 fully saturated rings. The molecule has 0 unspecified atom stereocenters. The van der Waals surface area contributed by atoms with Crippen molar-refractivity contribution >= 4 is 23.5 Å². The minimum absolute atomic E-state index is 0.171. The summed E-state index contributed by atoms with van der Waals surface area (Å²) < 4.78 is 0.388. The first-order valence-electron chi connectivity index (χ1n) is 8.02. The Kier molecular flexibility index (Phi) is 10.7. The van der Waals surface area contributed by atoms with Crippen LogP contribution in [0.1, 0.15) is 58.3 Å². The van der Waals surface area contributed by atoms with Crippen molar-refractivity contribution in [1.82, 2.24) is 0 Å². The Balaban J connectivity index is 2.36. The molecule has 0 spiro atoms. The molecule has 1 rings (SSSR count). The van der Waals surface area contributed by atoms with Gasteiger partial charge in [0.1, 0.15) is 0 Å². The average Bonchev–Trinajstić information content (AvgIpc) is 2.48. The molecule has 1 nitrogen and oxygen atoms in total. The highest BCUT2D eigenvalue weighted by Crippen LogP contribution is 2.48. The van der Waals surface area contributed by atoms with Crippen LogP contribution in [0.2, 0.25) is 0 Å². The molecule has 0 atom stereocenters. The van der Waals surface area contributed by atoms with Crippen LogP contribution < -0.4 is 0 Å². The summed E-state index contributed by atoms with van der Waals surface area (Å²) in [7, 11) is 0. The highest BCUT2D eigenvalue weighted by molar-refractivity contribution is 8.18. The van der Waals surface area contributed by atoms with E-state index in [1.54, 1.807) is 0 Å². The van der Waals surface area contributed by atoms with E-state index in [0.29, 0.717) is 4.08 Å². The number of hydrogen-bond acceptors (Lipinski definition) is 3. The maximum atomic E-state index is 8.80. The zero-order valence-corrected chi connectivity index (χ0v) is 14.5. The zero-order chi connectivity index (χ0) is 14.5. The zero-order valence-electron chi connectivity index (χ0n) is 12.9. The third kappa shape index (κ3) is 7.80. The van der Waals surface area contributed by atoms with Crippen molar-refractivity contribution in [3.8, 4) is 0 Å². The molecule has 3 heteroatoms. The fraction of sp³-hybridized carbons (Fsp3) is 0.765. The highest BCUT2D eigenvalue weighted by Gasteiger charge is 2.31. The molecule has 0 aromatic carbocycles. The van der Waals surface area contributed by atoms with E-state index in [1.807, 2.05) is 6.08 Å². The molecule has 0 amide bonds.